The largest absolute Gasteiger partial charge is 0.473 e. The lowest BCUT2D eigenvalue weighted by Gasteiger charge is -2.17. The third kappa shape index (κ3) is 4.97. The molecule has 3 aromatic rings. The number of ether oxygens (including phenoxy) is 1. The third-order valence-corrected chi connectivity index (χ3v) is 5.73. The van der Waals surface area contributed by atoms with E-state index in [1.54, 1.807) is 11.3 Å². The van der Waals surface area contributed by atoms with Gasteiger partial charge in [0.2, 0.25) is 5.88 Å². The SMILES string of the molecule is Nc1nc2c(s1)CCN(CC=Cc1cccc(OCc3ccccc3)n1)CC2. The van der Waals surface area contributed by atoms with E-state index in [1.165, 1.54) is 10.6 Å². The second kappa shape index (κ2) is 8.99. The first kappa shape index (κ1) is 18.7. The van der Waals surface area contributed by atoms with Crippen molar-refractivity contribution in [3.63, 3.8) is 0 Å². The van der Waals surface area contributed by atoms with Crippen LogP contribution in [0.15, 0.2) is 54.6 Å². The van der Waals surface area contributed by atoms with E-state index in [4.69, 9.17) is 10.5 Å². The smallest absolute Gasteiger partial charge is 0.214 e. The minimum atomic E-state index is 0.525. The number of nitrogens with two attached hydrogens (primary N) is 1. The van der Waals surface area contributed by atoms with Crippen LogP contribution in [0.1, 0.15) is 21.8 Å². The van der Waals surface area contributed by atoms with Crippen molar-refractivity contribution in [2.75, 3.05) is 25.4 Å². The average Bonchev–Trinajstić information content (AvgIpc) is 2.98. The quantitative estimate of drug-likeness (QED) is 0.691. The molecule has 3 heterocycles. The van der Waals surface area contributed by atoms with Gasteiger partial charge in [0.05, 0.1) is 11.4 Å². The van der Waals surface area contributed by atoms with Gasteiger partial charge in [-0.3, -0.25) is 4.90 Å². The molecule has 4 rings (SSSR count). The topological polar surface area (TPSA) is 64.3 Å². The first-order chi connectivity index (χ1) is 13.8. The summed E-state index contributed by atoms with van der Waals surface area (Å²) in [4.78, 5) is 12.8. The third-order valence-electron chi connectivity index (χ3n) is 4.74. The fourth-order valence-corrected chi connectivity index (χ4v) is 4.14. The number of aromatic nitrogens is 2. The maximum Gasteiger partial charge on any atom is 0.214 e. The van der Waals surface area contributed by atoms with Crippen LogP contribution in [0.2, 0.25) is 0 Å². The van der Waals surface area contributed by atoms with Crippen molar-refractivity contribution in [2.24, 2.45) is 0 Å². The lowest BCUT2D eigenvalue weighted by atomic mass is 10.2. The number of benzene rings is 1. The van der Waals surface area contributed by atoms with Crippen molar-refractivity contribution >= 4 is 22.5 Å². The van der Waals surface area contributed by atoms with Gasteiger partial charge < -0.3 is 10.5 Å². The monoisotopic (exact) mass is 392 g/mol. The van der Waals surface area contributed by atoms with Crippen LogP contribution in [-0.4, -0.2) is 34.5 Å². The van der Waals surface area contributed by atoms with Gasteiger partial charge in [-0.05, 0) is 24.1 Å². The molecule has 1 aliphatic heterocycles. The van der Waals surface area contributed by atoms with Gasteiger partial charge in [0.25, 0.3) is 0 Å². The van der Waals surface area contributed by atoms with Crippen molar-refractivity contribution in [1.82, 2.24) is 14.9 Å². The highest BCUT2D eigenvalue weighted by molar-refractivity contribution is 7.15. The maximum absolute atomic E-state index is 5.82. The second-order valence-electron chi connectivity index (χ2n) is 6.80. The molecular formula is C22H24N4OS. The van der Waals surface area contributed by atoms with E-state index in [2.05, 4.69) is 27.0 Å². The Labute approximate surface area is 169 Å². The van der Waals surface area contributed by atoms with Gasteiger partial charge in [-0.2, -0.15) is 0 Å². The molecule has 0 saturated carbocycles. The molecule has 0 amide bonds. The normalized spacial score (nSPS) is 14.7. The number of thiazole rings is 1. The lowest BCUT2D eigenvalue weighted by molar-refractivity contribution is 0.293. The maximum atomic E-state index is 5.82. The van der Waals surface area contributed by atoms with Gasteiger partial charge in [-0.25, -0.2) is 9.97 Å². The minimum absolute atomic E-state index is 0.525. The van der Waals surface area contributed by atoms with Gasteiger partial charge in [-0.15, -0.1) is 11.3 Å². The molecule has 1 aliphatic rings. The molecule has 0 bridgehead atoms. The first-order valence-corrected chi connectivity index (χ1v) is 10.3. The van der Waals surface area contributed by atoms with E-state index in [-0.39, 0.29) is 0 Å². The molecule has 28 heavy (non-hydrogen) atoms. The van der Waals surface area contributed by atoms with Gasteiger partial charge in [0, 0.05) is 37.0 Å². The fraction of sp³-hybridized carbons (Fsp3) is 0.273. The van der Waals surface area contributed by atoms with E-state index in [9.17, 15) is 0 Å². The zero-order valence-electron chi connectivity index (χ0n) is 15.8. The van der Waals surface area contributed by atoms with Crippen molar-refractivity contribution in [3.8, 4) is 5.88 Å². The Morgan fingerprint density at radius 1 is 1.04 bits per heavy atom. The van der Waals surface area contributed by atoms with E-state index >= 15 is 0 Å². The summed E-state index contributed by atoms with van der Waals surface area (Å²) < 4.78 is 5.81. The number of nitrogens with zero attached hydrogens (tertiary/aromatic N) is 3. The van der Waals surface area contributed by atoms with Crippen molar-refractivity contribution in [1.29, 1.82) is 0 Å². The molecule has 0 atom stereocenters. The van der Waals surface area contributed by atoms with Crippen molar-refractivity contribution in [2.45, 2.75) is 19.4 Å². The summed E-state index contributed by atoms with van der Waals surface area (Å²) >= 11 is 1.63. The second-order valence-corrected chi connectivity index (χ2v) is 7.92. The van der Waals surface area contributed by atoms with E-state index in [1.807, 2.05) is 48.5 Å². The van der Waals surface area contributed by atoms with Crippen LogP contribution in [-0.2, 0) is 19.4 Å². The van der Waals surface area contributed by atoms with Gasteiger partial charge >= 0.3 is 0 Å². The molecule has 1 aromatic carbocycles. The summed E-state index contributed by atoms with van der Waals surface area (Å²) in [6.45, 7) is 3.47. The molecule has 0 saturated heterocycles. The molecule has 144 valence electrons. The molecule has 0 fully saturated rings. The summed E-state index contributed by atoms with van der Waals surface area (Å²) in [6.07, 6.45) is 6.23. The summed E-state index contributed by atoms with van der Waals surface area (Å²) in [5.74, 6) is 0.647. The number of pyridine rings is 1. The Kier molecular flexibility index (Phi) is 5.99. The molecule has 0 radical (unpaired) electrons. The highest BCUT2D eigenvalue weighted by Crippen LogP contribution is 2.24. The predicted molar refractivity (Wildman–Crippen MR) is 114 cm³/mol. The van der Waals surface area contributed by atoms with Gasteiger partial charge in [0.15, 0.2) is 5.13 Å². The molecule has 2 aromatic heterocycles. The van der Waals surface area contributed by atoms with Crippen LogP contribution in [0.25, 0.3) is 6.08 Å². The number of fused-ring (bicyclic) bond motifs is 1. The van der Waals surface area contributed by atoms with Gasteiger partial charge in [-0.1, -0.05) is 42.5 Å². The Bertz CT molecular complexity index is 913. The number of anilines is 1. The summed E-state index contributed by atoms with van der Waals surface area (Å²) in [7, 11) is 0. The highest BCUT2D eigenvalue weighted by atomic mass is 32.1. The number of rotatable bonds is 6. The molecule has 6 heteroatoms. The number of hydrogen-bond acceptors (Lipinski definition) is 6. The molecule has 0 spiro atoms. The zero-order chi connectivity index (χ0) is 19.2. The van der Waals surface area contributed by atoms with E-state index in [0.29, 0.717) is 17.6 Å². The van der Waals surface area contributed by atoms with Crippen LogP contribution in [0.4, 0.5) is 5.13 Å². The standard InChI is InChI=1S/C22H24N4OS/c23-22-25-19-11-14-26(15-12-20(19)28-22)13-5-9-18-8-4-10-21(24-18)27-16-17-6-2-1-3-7-17/h1-10H,11-16H2,(H2,23,25). The van der Waals surface area contributed by atoms with Crippen LogP contribution < -0.4 is 10.5 Å². The lowest BCUT2D eigenvalue weighted by Crippen LogP contribution is -2.26. The van der Waals surface area contributed by atoms with Crippen molar-refractivity contribution in [3.05, 3.63) is 76.4 Å². The van der Waals surface area contributed by atoms with Crippen molar-refractivity contribution < 1.29 is 4.74 Å². The molecular weight excluding hydrogens is 368 g/mol. The average molecular weight is 393 g/mol. The number of hydrogen-bond donors (Lipinski definition) is 1. The first-order valence-electron chi connectivity index (χ1n) is 9.53. The van der Waals surface area contributed by atoms with E-state index in [0.717, 1.165) is 43.7 Å². The minimum Gasteiger partial charge on any atom is -0.473 e. The Balaban J connectivity index is 1.29. The summed E-state index contributed by atoms with van der Waals surface area (Å²) in [6, 6.07) is 16.0. The predicted octanol–water partition coefficient (Wildman–Crippen LogP) is 3.81. The van der Waals surface area contributed by atoms with Gasteiger partial charge in [0.1, 0.15) is 6.61 Å². The fourth-order valence-electron chi connectivity index (χ4n) is 3.27. The Morgan fingerprint density at radius 2 is 1.89 bits per heavy atom. The van der Waals surface area contributed by atoms with Crippen LogP contribution in [0, 0.1) is 0 Å². The molecule has 5 nitrogen and oxygen atoms in total. The molecule has 0 unspecified atom stereocenters. The van der Waals surface area contributed by atoms with Crippen LogP contribution >= 0.6 is 11.3 Å². The Morgan fingerprint density at radius 3 is 2.79 bits per heavy atom. The molecule has 2 N–H and O–H groups in total. The van der Waals surface area contributed by atoms with Crippen LogP contribution in [0.3, 0.4) is 0 Å². The highest BCUT2D eigenvalue weighted by Gasteiger charge is 2.16. The van der Waals surface area contributed by atoms with Crippen LogP contribution in [0.5, 0.6) is 5.88 Å². The summed E-state index contributed by atoms with van der Waals surface area (Å²) in [5.41, 5.74) is 9.05. The zero-order valence-corrected chi connectivity index (χ0v) is 16.6. The van der Waals surface area contributed by atoms with E-state index < -0.39 is 0 Å². The Hall–Kier alpha value is -2.70. The molecule has 0 aliphatic carbocycles. The number of nitrogen functional groups attached to an aromatic ring is 1. The summed E-state index contributed by atoms with van der Waals surface area (Å²) in [5, 5.41) is 0.693.